The Hall–Kier alpha value is -3.64. The van der Waals surface area contributed by atoms with E-state index >= 15 is 0 Å². The van der Waals surface area contributed by atoms with Gasteiger partial charge in [0.05, 0.1) is 0 Å². The molecule has 5 heteroatoms. The molecule has 0 atom stereocenters. The van der Waals surface area contributed by atoms with E-state index in [4.69, 9.17) is 0 Å². The van der Waals surface area contributed by atoms with Crippen LogP contribution in [0.3, 0.4) is 0 Å². The zero-order valence-corrected chi connectivity index (χ0v) is 30.4. The number of hydrogen-bond acceptors (Lipinski definition) is 5. The molecule has 0 amide bonds. The molecule has 4 aromatic rings. The summed E-state index contributed by atoms with van der Waals surface area (Å²) >= 11 is 0. The Morgan fingerprint density at radius 2 is 0.980 bits per heavy atom. The lowest BCUT2D eigenvalue weighted by molar-refractivity contribution is 0.244. The fourth-order valence-electron chi connectivity index (χ4n) is 8.19. The van der Waals surface area contributed by atoms with Crippen LogP contribution in [0.15, 0.2) is 97.1 Å². The van der Waals surface area contributed by atoms with E-state index in [1.54, 1.807) is 0 Å². The number of phenols is 2. The third-order valence-electron chi connectivity index (χ3n) is 11.3. The lowest BCUT2D eigenvalue weighted by Gasteiger charge is -2.34. The van der Waals surface area contributed by atoms with Crippen molar-refractivity contribution in [2.24, 2.45) is 0 Å². The molecule has 0 aromatic heterocycles. The van der Waals surface area contributed by atoms with E-state index in [-0.39, 0.29) is 5.41 Å². The maximum absolute atomic E-state index is 11.1. The Bertz CT molecular complexity index is 1480. The average Bonchev–Trinajstić information content (AvgIpc) is 3.56. The molecular formula is C45H59N3O2. The number of likely N-dealkylation sites (tertiary alicyclic amines) is 2. The van der Waals surface area contributed by atoms with Gasteiger partial charge in [0.25, 0.3) is 0 Å². The van der Waals surface area contributed by atoms with Crippen LogP contribution < -0.4 is 0 Å². The van der Waals surface area contributed by atoms with Gasteiger partial charge in [-0.05, 0) is 118 Å². The molecule has 0 radical (unpaired) electrons. The van der Waals surface area contributed by atoms with Crippen LogP contribution in [0.2, 0.25) is 0 Å². The molecule has 2 saturated heterocycles. The summed E-state index contributed by atoms with van der Waals surface area (Å²) in [4.78, 5) is 7.62. The van der Waals surface area contributed by atoms with Crippen LogP contribution in [0.4, 0.5) is 0 Å². The molecule has 50 heavy (non-hydrogen) atoms. The lowest BCUT2D eigenvalue weighted by Crippen LogP contribution is -2.29. The van der Waals surface area contributed by atoms with Crippen molar-refractivity contribution in [1.29, 1.82) is 0 Å². The molecule has 6 rings (SSSR count). The van der Waals surface area contributed by atoms with Gasteiger partial charge in [0, 0.05) is 42.7 Å². The van der Waals surface area contributed by atoms with Crippen LogP contribution in [-0.2, 0) is 31.6 Å². The Morgan fingerprint density at radius 3 is 1.40 bits per heavy atom. The zero-order chi connectivity index (χ0) is 34.6. The molecule has 0 unspecified atom stereocenters. The Labute approximate surface area is 301 Å². The van der Waals surface area contributed by atoms with Gasteiger partial charge in [-0.15, -0.1) is 0 Å². The Morgan fingerprint density at radius 1 is 0.560 bits per heavy atom. The van der Waals surface area contributed by atoms with Gasteiger partial charge in [-0.2, -0.15) is 0 Å². The second-order valence-corrected chi connectivity index (χ2v) is 15.2. The number of rotatable bonds is 14. The molecule has 5 nitrogen and oxygen atoms in total. The number of benzene rings is 4. The molecule has 0 spiro atoms. The first-order valence-electron chi connectivity index (χ1n) is 19.4. The topological polar surface area (TPSA) is 50.2 Å². The zero-order valence-electron chi connectivity index (χ0n) is 30.4. The van der Waals surface area contributed by atoms with Gasteiger partial charge in [-0.25, -0.2) is 0 Å². The van der Waals surface area contributed by atoms with Crippen LogP contribution in [0.1, 0.15) is 105 Å². The highest BCUT2D eigenvalue weighted by molar-refractivity contribution is 5.47. The van der Waals surface area contributed by atoms with E-state index in [9.17, 15) is 10.2 Å². The maximum Gasteiger partial charge on any atom is 0.120 e. The van der Waals surface area contributed by atoms with Crippen molar-refractivity contribution >= 4 is 0 Å². The van der Waals surface area contributed by atoms with E-state index in [2.05, 4.69) is 107 Å². The quantitative estimate of drug-likeness (QED) is 0.140. The summed E-state index contributed by atoms with van der Waals surface area (Å²) in [6.45, 7) is 11.1. The minimum absolute atomic E-state index is 0.298. The molecule has 0 saturated carbocycles. The van der Waals surface area contributed by atoms with Crippen molar-refractivity contribution < 1.29 is 10.2 Å². The molecule has 0 aliphatic carbocycles. The van der Waals surface area contributed by atoms with Crippen molar-refractivity contribution in [3.8, 4) is 11.5 Å². The van der Waals surface area contributed by atoms with Crippen LogP contribution in [0.25, 0.3) is 0 Å². The SMILES string of the molecule is CC(CCCN(Cc1ccccc1)Cc1ccccc1)(c1ccc(O)c(CN2CCCCCC2)c1)c1ccc(O)c(CN2CCCCCC2)c1. The molecule has 2 aliphatic heterocycles. The highest BCUT2D eigenvalue weighted by Gasteiger charge is 2.31. The lowest BCUT2D eigenvalue weighted by atomic mass is 9.72. The van der Waals surface area contributed by atoms with Crippen LogP contribution in [-0.4, -0.2) is 57.6 Å². The van der Waals surface area contributed by atoms with Crippen molar-refractivity contribution in [3.63, 3.8) is 0 Å². The Kier molecular flexibility index (Phi) is 13.0. The number of phenolic OH excluding ortho intramolecular Hbond substituents is 2. The molecule has 2 aliphatic rings. The maximum atomic E-state index is 11.1. The number of hydrogen-bond donors (Lipinski definition) is 2. The predicted molar refractivity (Wildman–Crippen MR) is 206 cm³/mol. The highest BCUT2D eigenvalue weighted by atomic mass is 16.3. The first-order chi connectivity index (χ1) is 24.5. The summed E-state index contributed by atoms with van der Waals surface area (Å²) in [6, 6.07) is 34.4. The standard InChI is InChI=1S/C45H59N3O2/c1-45(41-21-23-43(49)39(31-41)35-46-26-12-2-3-13-27-46,42-22-24-44(50)40(32-42)36-47-28-14-4-5-15-29-47)25-16-30-48(33-37-17-8-6-9-18-37)34-38-19-10-7-11-20-38/h6-11,17-24,31-32,49-50H,2-5,12-16,25-30,33-36H2,1H3. The van der Waals surface area contributed by atoms with Gasteiger partial charge in [-0.1, -0.05) is 105 Å². The number of nitrogens with zero attached hydrogens (tertiary/aromatic N) is 3. The molecule has 2 heterocycles. The summed E-state index contributed by atoms with van der Waals surface area (Å²) < 4.78 is 0. The summed E-state index contributed by atoms with van der Waals surface area (Å²) in [6.07, 6.45) is 12.1. The van der Waals surface area contributed by atoms with Crippen LogP contribution >= 0.6 is 0 Å². The minimum Gasteiger partial charge on any atom is -0.508 e. The van der Waals surface area contributed by atoms with Gasteiger partial charge in [-0.3, -0.25) is 14.7 Å². The van der Waals surface area contributed by atoms with E-state index in [0.717, 1.165) is 82.9 Å². The average molecular weight is 674 g/mol. The van der Waals surface area contributed by atoms with Crippen LogP contribution in [0, 0.1) is 0 Å². The van der Waals surface area contributed by atoms with E-state index < -0.39 is 0 Å². The molecule has 266 valence electrons. The summed E-state index contributed by atoms with van der Waals surface area (Å²) in [5.74, 6) is 0.787. The fraction of sp³-hybridized carbons (Fsp3) is 0.467. The van der Waals surface area contributed by atoms with Crippen LogP contribution in [0.5, 0.6) is 11.5 Å². The summed E-state index contributed by atoms with van der Waals surface area (Å²) in [7, 11) is 0. The predicted octanol–water partition coefficient (Wildman–Crippen LogP) is 9.64. The van der Waals surface area contributed by atoms with Gasteiger partial charge in [0.2, 0.25) is 0 Å². The van der Waals surface area contributed by atoms with E-state index in [1.165, 1.54) is 73.6 Å². The van der Waals surface area contributed by atoms with Crippen molar-refractivity contribution in [2.45, 2.75) is 103 Å². The molecule has 4 aromatic carbocycles. The van der Waals surface area contributed by atoms with E-state index in [1.807, 2.05) is 12.1 Å². The summed E-state index contributed by atoms with van der Waals surface area (Å²) in [5, 5.41) is 22.2. The third kappa shape index (κ3) is 9.99. The molecule has 2 N–H and O–H groups in total. The molecule has 0 bridgehead atoms. The van der Waals surface area contributed by atoms with Gasteiger partial charge < -0.3 is 10.2 Å². The second-order valence-electron chi connectivity index (χ2n) is 15.2. The summed E-state index contributed by atoms with van der Waals surface area (Å²) in [5.41, 5.74) is 6.89. The molecule has 2 fully saturated rings. The third-order valence-corrected chi connectivity index (χ3v) is 11.3. The van der Waals surface area contributed by atoms with Crippen molar-refractivity contribution in [2.75, 3.05) is 32.7 Å². The first kappa shape index (κ1) is 36.2. The van der Waals surface area contributed by atoms with Gasteiger partial charge in [0.15, 0.2) is 0 Å². The Balaban J connectivity index is 1.29. The minimum atomic E-state index is -0.298. The smallest absolute Gasteiger partial charge is 0.120 e. The van der Waals surface area contributed by atoms with Crippen molar-refractivity contribution in [1.82, 2.24) is 14.7 Å². The first-order valence-corrected chi connectivity index (χ1v) is 19.4. The van der Waals surface area contributed by atoms with E-state index in [0.29, 0.717) is 11.5 Å². The fourth-order valence-corrected chi connectivity index (χ4v) is 8.19. The largest absolute Gasteiger partial charge is 0.508 e. The normalized spacial score (nSPS) is 16.7. The van der Waals surface area contributed by atoms with Gasteiger partial charge >= 0.3 is 0 Å². The van der Waals surface area contributed by atoms with Crippen molar-refractivity contribution in [3.05, 3.63) is 130 Å². The number of aromatic hydroxyl groups is 2. The second kappa shape index (κ2) is 18.0. The highest BCUT2D eigenvalue weighted by Crippen LogP contribution is 2.40. The molecular weight excluding hydrogens is 615 g/mol. The van der Waals surface area contributed by atoms with Gasteiger partial charge in [0.1, 0.15) is 11.5 Å². The monoisotopic (exact) mass is 673 g/mol.